The molecule has 1 aromatic carbocycles. The fourth-order valence-electron chi connectivity index (χ4n) is 1.18. The van der Waals surface area contributed by atoms with E-state index in [1.807, 2.05) is 4.72 Å². The van der Waals surface area contributed by atoms with Crippen molar-refractivity contribution in [1.82, 2.24) is 4.72 Å². The highest BCUT2D eigenvalue weighted by atomic mass is 32.2. The largest absolute Gasteiger partial charge is 0.399 e. The summed E-state index contributed by atoms with van der Waals surface area (Å²) in [7, 11) is -3.93. The van der Waals surface area contributed by atoms with Gasteiger partial charge in [-0.05, 0) is 30.7 Å². The van der Waals surface area contributed by atoms with Crippen molar-refractivity contribution < 1.29 is 22.3 Å². The van der Waals surface area contributed by atoms with E-state index in [9.17, 15) is 17.2 Å². The van der Waals surface area contributed by atoms with E-state index in [1.165, 1.54) is 18.2 Å². The predicted molar refractivity (Wildman–Crippen MR) is 62.8 cm³/mol. The second-order valence-corrected chi connectivity index (χ2v) is 5.54. The number of rotatable bonds is 5. The Kier molecular flexibility index (Phi) is 4.60. The first-order valence-electron chi connectivity index (χ1n) is 5.06. The number of benzene rings is 1. The first kappa shape index (κ1) is 14.8. The van der Waals surface area contributed by atoms with E-state index in [0.717, 1.165) is 0 Å². The molecule has 4 N–H and O–H groups in total. The number of aliphatic hydroxyl groups is 1. The molecular weight excluding hydrogens is 266 g/mol. The van der Waals surface area contributed by atoms with E-state index in [0.29, 0.717) is 11.3 Å². The van der Waals surface area contributed by atoms with Gasteiger partial charge >= 0.3 is 0 Å². The molecule has 18 heavy (non-hydrogen) atoms. The number of sulfonamides is 1. The van der Waals surface area contributed by atoms with Crippen LogP contribution in [-0.4, -0.2) is 32.6 Å². The Morgan fingerprint density at radius 2 is 2.06 bits per heavy atom. The molecule has 0 amide bonds. The number of anilines is 1. The van der Waals surface area contributed by atoms with Gasteiger partial charge in [0.25, 0.3) is 6.43 Å². The molecule has 0 spiro atoms. The summed E-state index contributed by atoms with van der Waals surface area (Å²) in [6.07, 6.45) is -5.03. The highest BCUT2D eigenvalue weighted by Crippen LogP contribution is 2.16. The van der Waals surface area contributed by atoms with Crippen LogP contribution in [0.3, 0.4) is 0 Å². The maximum Gasteiger partial charge on any atom is 0.265 e. The van der Waals surface area contributed by atoms with E-state index in [1.54, 1.807) is 6.92 Å². The van der Waals surface area contributed by atoms with Gasteiger partial charge in [0, 0.05) is 12.2 Å². The number of aliphatic hydroxyl groups excluding tert-OH is 1. The van der Waals surface area contributed by atoms with Gasteiger partial charge in [0.15, 0.2) is 0 Å². The number of hydrogen-bond acceptors (Lipinski definition) is 4. The molecule has 1 atom stereocenters. The molecule has 0 aliphatic heterocycles. The van der Waals surface area contributed by atoms with Crippen molar-refractivity contribution in [2.24, 2.45) is 0 Å². The molecule has 1 rings (SSSR count). The summed E-state index contributed by atoms with van der Waals surface area (Å²) in [6.45, 7) is 0.881. The van der Waals surface area contributed by atoms with Crippen LogP contribution in [0.4, 0.5) is 14.5 Å². The van der Waals surface area contributed by atoms with Gasteiger partial charge in [-0.1, -0.05) is 0 Å². The number of nitrogens with two attached hydrogens (primary N) is 1. The highest BCUT2D eigenvalue weighted by Gasteiger charge is 2.21. The van der Waals surface area contributed by atoms with Crippen LogP contribution in [0.25, 0.3) is 0 Å². The van der Waals surface area contributed by atoms with E-state index in [4.69, 9.17) is 10.8 Å². The molecule has 0 bridgehead atoms. The Bertz CT molecular complexity index is 520. The third-order valence-electron chi connectivity index (χ3n) is 2.32. The molecule has 0 saturated heterocycles. The zero-order valence-corrected chi connectivity index (χ0v) is 10.4. The van der Waals surface area contributed by atoms with Gasteiger partial charge in [-0.25, -0.2) is 21.9 Å². The second kappa shape index (κ2) is 5.59. The first-order valence-corrected chi connectivity index (χ1v) is 6.54. The monoisotopic (exact) mass is 280 g/mol. The number of halogens is 2. The zero-order valence-electron chi connectivity index (χ0n) is 9.60. The van der Waals surface area contributed by atoms with Crippen LogP contribution in [0, 0.1) is 6.92 Å². The van der Waals surface area contributed by atoms with E-state index >= 15 is 0 Å². The minimum Gasteiger partial charge on any atom is -0.399 e. The third kappa shape index (κ3) is 3.62. The number of nitrogen functional groups attached to an aromatic ring is 1. The van der Waals surface area contributed by atoms with Crippen molar-refractivity contribution in [3.63, 3.8) is 0 Å². The predicted octanol–water partition coefficient (Wildman–Crippen LogP) is 0.482. The fourth-order valence-corrected chi connectivity index (χ4v) is 2.32. The van der Waals surface area contributed by atoms with Crippen molar-refractivity contribution in [1.29, 1.82) is 0 Å². The third-order valence-corrected chi connectivity index (χ3v) is 3.75. The Morgan fingerprint density at radius 3 is 2.56 bits per heavy atom. The molecule has 1 aromatic rings. The molecule has 102 valence electrons. The highest BCUT2D eigenvalue weighted by molar-refractivity contribution is 7.89. The summed E-state index contributed by atoms with van der Waals surface area (Å²) in [5, 5.41) is 8.84. The number of nitrogens with one attached hydrogen (secondary N) is 1. The Labute approximate surface area is 104 Å². The number of alkyl halides is 2. The van der Waals surface area contributed by atoms with Gasteiger partial charge in [0.1, 0.15) is 6.10 Å². The smallest absolute Gasteiger partial charge is 0.265 e. The normalized spacial score (nSPS) is 13.8. The molecule has 8 heteroatoms. The van der Waals surface area contributed by atoms with Crippen LogP contribution >= 0.6 is 0 Å². The Hall–Kier alpha value is -1.25. The molecular formula is C10H14F2N2O3S. The summed E-state index contributed by atoms with van der Waals surface area (Å²) in [6, 6.07) is 4.00. The molecule has 0 aliphatic rings. The topological polar surface area (TPSA) is 92.4 Å². The average molecular weight is 280 g/mol. The number of hydrogen-bond donors (Lipinski definition) is 3. The SMILES string of the molecule is Cc1cc(S(=O)(=O)NCC(O)C(F)F)ccc1N. The molecule has 1 unspecified atom stereocenters. The summed E-state index contributed by atoms with van der Waals surface area (Å²) >= 11 is 0. The van der Waals surface area contributed by atoms with Gasteiger partial charge in [-0.3, -0.25) is 0 Å². The van der Waals surface area contributed by atoms with Gasteiger partial charge in [0.2, 0.25) is 10.0 Å². The average Bonchev–Trinajstić information content (AvgIpc) is 2.29. The van der Waals surface area contributed by atoms with Crippen LogP contribution in [0.5, 0.6) is 0 Å². The molecule has 0 radical (unpaired) electrons. The lowest BCUT2D eigenvalue weighted by molar-refractivity contribution is -0.000451. The summed E-state index contributed by atoms with van der Waals surface area (Å²) in [5.74, 6) is 0. The van der Waals surface area contributed by atoms with Crippen molar-refractivity contribution in [2.75, 3.05) is 12.3 Å². The maximum atomic E-state index is 12.0. The van der Waals surface area contributed by atoms with Crippen LogP contribution < -0.4 is 10.5 Å². The van der Waals surface area contributed by atoms with E-state index in [-0.39, 0.29) is 4.90 Å². The lowest BCUT2D eigenvalue weighted by Gasteiger charge is -2.12. The molecule has 5 nitrogen and oxygen atoms in total. The molecule has 0 fully saturated rings. The fraction of sp³-hybridized carbons (Fsp3) is 0.400. The zero-order chi connectivity index (χ0) is 13.9. The first-order chi connectivity index (χ1) is 8.24. The van der Waals surface area contributed by atoms with Crippen molar-refractivity contribution in [3.8, 4) is 0 Å². The van der Waals surface area contributed by atoms with Crippen LogP contribution in [0.1, 0.15) is 5.56 Å². The molecule has 0 heterocycles. The quantitative estimate of drug-likeness (QED) is 0.684. The van der Waals surface area contributed by atoms with Gasteiger partial charge < -0.3 is 10.8 Å². The van der Waals surface area contributed by atoms with Gasteiger partial charge in [-0.2, -0.15) is 0 Å². The molecule has 0 aromatic heterocycles. The summed E-state index contributed by atoms with van der Waals surface area (Å²) < 4.78 is 49.4. The van der Waals surface area contributed by atoms with Crippen molar-refractivity contribution in [2.45, 2.75) is 24.3 Å². The summed E-state index contributed by atoms with van der Waals surface area (Å²) in [4.78, 5) is -0.0873. The maximum absolute atomic E-state index is 12.0. The standard InChI is InChI=1S/C10H14F2N2O3S/c1-6-4-7(2-3-8(6)13)18(16,17)14-5-9(15)10(11)12/h2-4,9-10,14-15H,5,13H2,1H3. The van der Waals surface area contributed by atoms with Crippen LogP contribution in [-0.2, 0) is 10.0 Å². The number of aryl methyl sites for hydroxylation is 1. The Balaban J connectivity index is 2.83. The lowest BCUT2D eigenvalue weighted by atomic mass is 10.2. The van der Waals surface area contributed by atoms with Crippen LogP contribution in [0.2, 0.25) is 0 Å². The summed E-state index contributed by atoms with van der Waals surface area (Å²) in [5.41, 5.74) is 6.53. The molecule has 0 aliphatic carbocycles. The molecule has 0 saturated carbocycles. The Morgan fingerprint density at radius 1 is 1.44 bits per heavy atom. The minimum absolute atomic E-state index is 0.0873. The van der Waals surface area contributed by atoms with Gasteiger partial charge in [0.05, 0.1) is 4.90 Å². The van der Waals surface area contributed by atoms with Gasteiger partial charge in [-0.15, -0.1) is 0 Å². The lowest BCUT2D eigenvalue weighted by Crippen LogP contribution is -2.35. The van der Waals surface area contributed by atoms with Crippen molar-refractivity contribution in [3.05, 3.63) is 23.8 Å². The van der Waals surface area contributed by atoms with Crippen molar-refractivity contribution >= 4 is 15.7 Å². The second-order valence-electron chi connectivity index (χ2n) is 3.77. The van der Waals surface area contributed by atoms with Crippen LogP contribution in [0.15, 0.2) is 23.1 Å². The minimum atomic E-state index is -3.93. The van der Waals surface area contributed by atoms with E-state index < -0.39 is 29.1 Å². The van der Waals surface area contributed by atoms with E-state index in [2.05, 4.69) is 0 Å².